The molecule has 0 unspecified atom stereocenters. The second kappa shape index (κ2) is 7.72. The van der Waals surface area contributed by atoms with Crippen LogP contribution in [-0.2, 0) is 19.3 Å². The number of nitrogens with one attached hydrogen (secondary N) is 2. The first-order valence-electron chi connectivity index (χ1n) is 7.19. The first-order chi connectivity index (χ1) is 11.4. The SMILES string of the molecule is COc1ccc(CNC(=O)NCc2cccc(C(F)(F)F)c2)cc1. The highest BCUT2D eigenvalue weighted by molar-refractivity contribution is 5.73. The molecule has 0 fully saturated rings. The summed E-state index contributed by atoms with van der Waals surface area (Å²) in [6.07, 6.45) is -4.40. The van der Waals surface area contributed by atoms with Crippen LogP contribution in [0.25, 0.3) is 0 Å². The molecule has 0 aliphatic carbocycles. The fraction of sp³-hybridized carbons (Fsp3) is 0.235. The molecule has 7 heteroatoms. The highest BCUT2D eigenvalue weighted by Gasteiger charge is 2.30. The average Bonchev–Trinajstić information content (AvgIpc) is 2.58. The van der Waals surface area contributed by atoms with E-state index in [9.17, 15) is 18.0 Å². The van der Waals surface area contributed by atoms with Gasteiger partial charge in [0.05, 0.1) is 12.7 Å². The Morgan fingerprint density at radius 2 is 1.62 bits per heavy atom. The van der Waals surface area contributed by atoms with Gasteiger partial charge in [0.1, 0.15) is 5.75 Å². The largest absolute Gasteiger partial charge is 0.497 e. The molecule has 4 nitrogen and oxygen atoms in total. The van der Waals surface area contributed by atoms with Gasteiger partial charge in [-0.15, -0.1) is 0 Å². The second-order valence-corrected chi connectivity index (χ2v) is 5.08. The third kappa shape index (κ3) is 5.19. The standard InChI is InChI=1S/C17H17F3N2O2/c1-24-15-7-5-12(6-8-15)10-21-16(23)22-11-13-3-2-4-14(9-13)17(18,19)20/h2-9H,10-11H2,1H3,(H2,21,22,23). The van der Waals surface area contributed by atoms with Crippen LogP contribution in [0.1, 0.15) is 16.7 Å². The Morgan fingerprint density at radius 3 is 2.21 bits per heavy atom. The van der Waals surface area contributed by atoms with Gasteiger partial charge in [-0.05, 0) is 35.4 Å². The lowest BCUT2D eigenvalue weighted by molar-refractivity contribution is -0.137. The Hall–Kier alpha value is -2.70. The normalized spacial score (nSPS) is 11.0. The number of methoxy groups -OCH3 is 1. The van der Waals surface area contributed by atoms with E-state index >= 15 is 0 Å². The van der Waals surface area contributed by atoms with Crippen molar-refractivity contribution in [2.75, 3.05) is 7.11 Å². The van der Waals surface area contributed by atoms with E-state index in [1.165, 1.54) is 12.1 Å². The van der Waals surface area contributed by atoms with Gasteiger partial charge in [-0.3, -0.25) is 0 Å². The molecule has 0 saturated heterocycles. The second-order valence-electron chi connectivity index (χ2n) is 5.08. The Bertz CT molecular complexity index is 685. The highest BCUT2D eigenvalue weighted by Crippen LogP contribution is 2.29. The average molecular weight is 338 g/mol. The molecule has 2 rings (SSSR count). The van der Waals surface area contributed by atoms with Gasteiger partial charge in [0.25, 0.3) is 0 Å². The van der Waals surface area contributed by atoms with Gasteiger partial charge in [0.2, 0.25) is 0 Å². The van der Waals surface area contributed by atoms with Crippen LogP contribution in [0.15, 0.2) is 48.5 Å². The number of hydrogen-bond acceptors (Lipinski definition) is 2. The number of halogens is 3. The quantitative estimate of drug-likeness (QED) is 0.873. The molecule has 0 spiro atoms. The van der Waals surface area contributed by atoms with Gasteiger partial charge in [0.15, 0.2) is 0 Å². The Morgan fingerprint density at radius 1 is 1.00 bits per heavy atom. The number of urea groups is 1. The van der Waals surface area contributed by atoms with Crippen LogP contribution < -0.4 is 15.4 Å². The van der Waals surface area contributed by atoms with Crippen molar-refractivity contribution in [3.05, 3.63) is 65.2 Å². The number of benzene rings is 2. The lowest BCUT2D eigenvalue weighted by Crippen LogP contribution is -2.34. The van der Waals surface area contributed by atoms with E-state index in [2.05, 4.69) is 10.6 Å². The minimum absolute atomic E-state index is 0.0123. The summed E-state index contributed by atoms with van der Waals surface area (Å²) in [6, 6.07) is 11.6. The minimum atomic E-state index is -4.40. The molecule has 0 aromatic heterocycles. The van der Waals surface area contributed by atoms with Crippen LogP contribution in [0, 0.1) is 0 Å². The summed E-state index contributed by atoms with van der Waals surface area (Å²) in [5.41, 5.74) is 0.523. The van der Waals surface area contributed by atoms with E-state index in [1.54, 1.807) is 19.2 Å². The molecule has 0 radical (unpaired) electrons. The zero-order valence-corrected chi connectivity index (χ0v) is 13.0. The first-order valence-corrected chi connectivity index (χ1v) is 7.19. The third-order valence-corrected chi connectivity index (χ3v) is 3.32. The van der Waals surface area contributed by atoms with E-state index in [0.29, 0.717) is 17.9 Å². The van der Waals surface area contributed by atoms with Crippen molar-refractivity contribution >= 4 is 6.03 Å². The molecular formula is C17H17F3N2O2. The van der Waals surface area contributed by atoms with Gasteiger partial charge in [0, 0.05) is 13.1 Å². The summed E-state index contributed by atoms with van der Waals surface area (Å²) in [5, 5.41) is 5.17. The third-order valence-electron chi connectivity index (χ3n) is 3.32. The molecule has 0 aliphatic heterocycles. The molecule has 0 saturated carbocycles. The zero-order chi connectivity index (χ0) is 17.6. The predicted octanol–water partition coefficient (Wildman–Crippen LogP) is 3.71. The highest BCUT2D eigenvalue weighted by atomic mass is 19.4. The van der Waals surface area contributed by atoms with Crippen molar-refractivity contribution in [2.24, 2.45) is 0 Å². The summed E-state index contributed by atoms with van der Waals surface area (Å²) in [5.74, 6) is 0.716. The van der Waals surface area contributed by atoms with E-state index in [4.69, 9.17) is 4.74 Å². The van der Waals surface area contributed by atoms with Crippen molar-refractivity contribution in [1.82, 2.24) is 10.6 Å². The number of ether oxygens (including phenoxy) is 1. The topological polar surface area (TPSA) is 50.4 Å². The molecule has 0 bridgehead atoms. The Kier molecular flexibility index (Phi) is 5.68. The van der Waals surface area contributed by atoms with Crippen LogP contribution in [0.3, 0.4) is 0 Å². The van der Waals surface area contributed by atoms with Crippen molar-refractivity contribution in [3.8, 4) is 5.75 Å². The van der Waals surface area contributed by atoms with Crippen LogP contribution >= 0.6 is 0 Å². The number of carbonyl (C=O) groups is 1. The molecule has 24 heavy (non-hydrogen) atoms. The molecule has 128 valence electrons. The van der Waals surface area contributed by atoms with Gasteiger partial charge < -0.3 is 15.4 Å². The fourth-order valence-corrected chi connectivity index (χ4v) is 2.03. The van der Waals surface area contributed by atoms with Crippen LogP contribution in [0.2, 0.25) is 0 Å². The summed E-state index contributed by atoms with van der Waals surface area (Å²) < 4.78 is 42.9. The maximum absolute atomic E-state index is 12.6. The van der Waals surface area contributed by atoms with Crippen LogP contribution in [0.4, 0.5) is 18.0 Å². The first kappa shape index (κ1) is 17.7. The fourth-order valence-electron chi connectivity index (χ4n) is 2.03. The smallest absolute Gasteiger partial charge is 0.416 e. The van der Waals surface area contributed by atoms with Crippen molar-refractivity contribution in [2.45, 2.75) is 19.3 Å². The molecular weight excluding hydrogens is 321 g/mol. The van der Waals surface area contributed by atoms with E-state index in [1.807, 2.05) is 12.1 Å². The molecule has 0 heterocycles. The maximum atomic E-state index is 12.6. The molecule has 0 atom stereocenters. The zero-order valence-electron chi connectivity index (χ0n) is 13.0. The summed E-state index contributed by atoms with van der Waals surface area (Å²) in [6.45, 7) is 0.316. The lowest BCUT2D eigenvalue weighted by Gasteiger charge is -2.10. The van der Waals surface area contributed by atoms with Gasteiger partial charge in [-0.1, -0.05) is 24.3 Å². The van der Waals surface area contributed by atoms with Gasteiger partial charge in [-0.25, -0.2) is 4.79 Å². The lowest BCUT2D eigenvalue weighted by atomic mass is 10.1. The number of amides is 2. The minimum Gasteiger partial charge on any atom is -0.497 e. The molecule has 2 aromatic rings. The van der Waals surface area contributed by atoms with Crippen molar-refractivity contribution in [1.29, 1.82) is 0 Å². The number of carbonyl (C=O) groups excluding carboxylic acids is 1. The van der Waals surface area contributed by atoms with Crippen LogP contribution in [0.5, 0.6) is 5.75 Å². The van der Waals surface area contributed by atoms with E-state index in [0.717, 1.165) is 17.7 Å². The van der Waals surface area contributed by atoms with Gasteiger partial charge in [-0.2, -0.15) is 13.2 Å². The molecule has 2 N–H and O–H groups in total. The Balaban J connectivity index is 1.82. The van der Waals surface area contributed by atoms with Crippen molar-refractivity contribution in [3.63, 3.8) is 0 Å². The van der Waals surface area contributed by atoms with E-state index in [-0.39, 0.29) is 6.54 Å². The monoisotopic (exact) mass is 338 g/mol. The molecule has 2 aromatic carbocycles. The number of hydrogen-bond donors (Lipinski definition) is 2. The van der Waals surface area contributed by atoms with E-state index < -0.39 is 17.8 Å². The van der Waals surface area contributed by atoms with Crippen LogP contribution in [-0.4, -0.2) is 13.1 Å². The van der Waals surface area contributed by atoms with Crippen molar-refractivity contribution < 1.29 is 22.7 Å². The summed E-state index contributed by atoms with van der Waals surface area (Å²) in [7, 11) is 1.56. The Labute approximate surface area is 137 Å². The summed E-state index contributed by atoms with van der Waals surface area (Å²) in [4.78, 5) is 11.7. The maximum Gasteiger partial charge on any atom is 0.416 e. The number of alkyl halides is 3. The summed E-state index contributed by atoms with van der Waals surface area (Å²) >= 11 is 0. The molecule has 2 amide bonds. The number of rotatable bonds is 5. The predicted molar refractivity (Wildman–Crippen MR) is 83.5 cm³/mol. The molecule has 0 aliphatic rings. The van der Waals surface area contributed by atoms with Gasteiger partial charge >= 0.3 is 12.2 Å².